The van der Waals surface area contributed by atoms with Gasteiger partial charge in [-0.05, 0) is 31.4 Å². The van der Waals surface area contributed by atoms with Gasteiger partial charge in [0.1, 0.15) is 5.65 Å². The summed E-state index contributed by atoms with van der Waals surface area (Å²) in [6.45, 7) is 6.95. The number of rotatable bonds is 4. The zero-order chi connectivity index (χ0) is 13.1. The molecule has 0 unspecified atom stereocenters. The molecule has 1 amide bonds. The normalized spacial score (nSPS) is 11.1. The first kappa shape index (κ1) is 12.6. The van der Waals surface area contributed by atoms with Crippen LogP contribution >= 0.6 is 0 Å². The van der Waals surface area contributed by atoms with Gasteiger partial charge >= 0.3 is 0 Å². The molecule has 0 bridgehead atoms. The third-order valence-corrected chi connectivity index (χ3v) is 2.84. The summed E-state index contributed by atoms with van der Waals surface area (Å²) < 4.78 is 1.88. The lowest BCUT2D eigenvalue weighted by molar-refractivity contribution is 0.0951. The number of carbonyl (C=O) groups excluding carboxylic acids is 1. The van der Waals surface area contributed by atoms with E-state index in [4.69, 9.17) is 0 Å². The first-order valence-electron chi connectivity index (χ1n) is 6.30. The first-order chi connectivity index (χ1) is 8.56. The maximum absolute atomic E-state index is 11.9. The van der Waals surface area contributed by atoms with E-state index in [1.165, 1.54) is 0 Å². The number of nitrogens with zero attached hydrogens (tertiary/aromatic N) is 2. The van der Waals surface area contributed by atoms with Gasteiger partial charge in [-0.3, -0.25) is 4.79 Å². The Morgan fingerprint density at radius 2 is 2.17 bits per heavy atom. The summed E-state index contributed by atoms with van der Waals surface area (Å²) in [4.78, 5) is 16.3. The summed E-state index contributed by atoms with van der Waals surface area (Å²) in [5.74, 6) is 0.577. The molecule has 2 aromatic rings. The predicted molar refractivity (Wildman–Crippen MR) is 71.7 cm³/mol. The lowest BCUT2D eigenvalue weighted by Gasteiger charge is -2.07. The van der Waals surface area contributed by atoms with Crippen molar-refractivity contribution >= 4 is 11.6 Å². The van der Waals surface area contributed by atoms with Crippen LogP contribution < -0.4 is 5.32 Å². The first-order valence-corrected chi connectivity index (χ1v) is 6.30. The Morgan fingerprint density at radius 1 is 1.39 bits per heavy atom. The van der Waals surface area contributed by atoms with Gasteiger partial charge in [0, 0.05) is 18.9 Å². The molecule has 0 radical (unpaired) electrons. The van der Waals surface area contributed by atoms with Crippen LogP contribution in [0.5, 0.6) is 0 Å². The summed E-state index contributed by atoms with van der Waals surface area (Å²) in [6, 6.07) is 3.68. The largest absolute Gasteiger partial charge is 0.352 e. The third kappa shape index (κ3) is 2.88. The minimum absolute atomic E-state index is 0.0242. The van der Waals surface area contributed by atoms with Crippen molar-refractivity contribution in [2.75, 3.05) is 6.54 Å². The highest BCUT2D eigenvalue weighted by Crippen LogP contribution is 2.07. The van der Waals surface area contributed by atoms with Crippen molar-refractivity contribution in [1.82, 2.24) is 14.7 Å². The summed E-state index contributed by atoms with van der Waals surface area (Å²) in [7, 11) is 0. The molecule has 4 nitrogen and oxygen atoms in total. The molecule has 96 valence electrons. The number of carbonyl (C=O) groups is 1. The lowest BCUT2D eigenvalue weighted by Crippen LogP contribution is -2.25. The second-order valence-corrected chi connectivity index (χ2v) is 5.00. The van der Waals surface area contributed by atoms with Crippen molar-refractivity contribution in [3.8, 4) is 0 Å². The minimum atomic E-state index is -0.0242. The Bertz CT molecular complexity index is 557. The summed E-state index contributed by atoms with van der Waals surface area (Å²) >= 11 is 0. The Labute approximate surface area is 107 Å². The molecular formula is C14H19N3O. The molecule has 0 spiro atoms. The van der Waals surface area contributed by atoms with Gasteiger partial charge in [-0.15, -0.1) is 0 Å². The highest BCUT2D eigenvalue weighted by atomic mass is 16.1. The van der Waals surface area contributed by atoms with Crippen LogP contribution in [0.4, 0.5) is 0 Å². The van der Waals surface area contributed by atoms with E-state index >= 15 is 0 Å². The van der Waals surface area contributed by atoms with E-state index in [0.717, 1.165) is 24.3 Å². The number of nitrogens with one attached hydrogen (secondary N) is 1. The Morgan fingerprint density at radius 3 is 2.89 bits per heavy atom. The van der Waals surface area contributed by atoms with Gasteiger partial charge in [0.15, 0.2) is 0 Å². The molecule has 0 aliphatic heterocycles. The zero-order valence-electron chi connectivity index (χ0n) is 11.1. The Balaban J connectivity index is 2.08. The van der Waals surface area contributed by atoms with E-state index in [1.54, 1.807) is 0 Å². The maximum Gasteiger partial charge on any atom is 0.252 e. The number of hydrogen-bond donors (Lipinski definition) is 1. The molecule has 1 N–H and O–H groups in total. The van der Waals surface area contributed by atoms with Gasteiger partial charge in [0.05, 0.1) is 11.3 Å². The molecule has 0 fully saturated rings. The summed E-state index contributed by atoms with van der Waals surface area (Å²) in [5.41, 5.74) is 2.49. The number of imidazole rings is 1. The van der Waals surface area contributed by atoms with Gasteiger partial charge in [-0.2, -0.15) is 0 Å². The van der Waals surface area contributed by atoms with Crippen molar-refractivity contribution in [3.63, 3.8) is 0 Å². The van der Waals surface area contributed by atoms with Crippen LogP contribution in [0.2, 0.25) is 0 Å². The number of hydrogen-bond acceptors (Lipinski definition) is 2. The average molecular weight is 245 g/mol. The molecule has 18 heavy (non-hydrogen) atoms. The molecule has 2 aromatic heterocycles. The van der Waals surface area contributed by atoms with E-state index in [9.17, 15) is 4.79 Å². The fourth-order valence-corrected chi connectivity index (χ4v) is 1.83. The fourth-order valence-electron chi connectivity index (χ4n) is 1.83. The van der Waals surface area contributed by atoms with Gasteiger partial charge in [0.2, 0.25) is 0 Å². The van der Waals surface area contributed by atoms with Gasteiger partial charge < -0.3 is 9.72 Å². The smallest absolute Gasteiger partial charge is 0.252 e. The zero-order valence-corrected chi connectivity index (χ0v) is 11.1. The average Bonchev–Trinajstić information content (AvgIpc) is 2.67. The standard InChI is InChI=1S/C14H19N3O/c1-10(2)6-7-15-14(18)12-4-5-13-16-11(3)8-17(13)9-12/h4-5,8-10H,6-7H2,1-3H3,(H,15,18). The molecular weight excluding hydrogens is 226 g/mol. The quantitative estimate of drug-likeness (QED) is 0.899. The van der Waals surface area contributed by atoms with E-state index in [2.05, 4.69) is 24.1 Å². The van der Waals surface area contributed by atoms with Crippen LogP contribution in [0.3, 0.4) is 0 Å². The lowest BCUT2D eigenvalue weighted by atomic mass is 10.1. The summed E-state index contributed by atoms with van der Waals surface area (Å²) in [6.07, 6.45) is 4.73. The van der Waals surface area contributed by atoms with Gasteiger partial charge in [0.25, 0.3) is 5.91 Å². The number of aromatic nitrogens is 2. The topological polar surface area (TPSA) is 46.4 Å². The Hall–Kier alpha value is -1.84. The number of pyridine rings is 1. The molecule has 0 saturated carbocycles. The Kier molecular flexibility index (Phi) is 3.65. The van der Waals surface area contributed by atoms with Gasteiger partial charge in [-0.1, -0.05) is 13.8 Å². The molecule has 0 saturated heterocycles. The molecule has 0 aliphatic carbocycles. The molecule has 2 heterocycles. The molecule has 0 aliphatic rings. The van der Waals surface area contributed by atoms with E-state index in [-0.39, 0.29) is 5.91 Å². The maximum atomic E-state index is 11.9. The second-order valence-electron chi connectivity index (χ2n) is 5.00. The molecule has 2 rings (SSSR count). The van der Waals surface area contributed by atoms with Crippen LogP contribution in [0.15, 0.2) is 24.5 Å². The predicted octanol–water partition coefficient (Wildman–Crippen LogP) is 2.42. The SMILES string of the molecule is Cc1cn2cc(C(=O)NCCC(C)C)ccc2n1. The van der Waals surface area contributed by atoms with Crippen molar-refractivity contribution in [3.05, 3.63) is 35.8 Å². The highest BCUT2D eigenvalue weighted by molar-refractivity contribution is 5.94. The monoisotopic (exact) mass is 245 g/mol. The van der Waals surface area contributed by atoms with Crippen molar-refractivity contribution in [2.24, 2.45) is 5.92 Å². The minimum Gasteiger partial charge on any atom is -0.352 e. The number of aryl methyl sites for hydroxylation is 1. The third-order valence-electron chi connectivity index (χ3n) is 2.84. The van der Waals surface area contributed by atoms with Crippen molar-refractivity contribution in [1.29, 1.82) is 0 Å². The highest BCUT2D eigenvalue weighted by Gasteiger charge is 2.07. The van der Waals surface area contributed by atoms with Crippen LogP contribution in [0.1, 0.15) is 36.3 Å². The van der Waals surface area contributed by atoms with Gasteiger partial charge in [-0.25, -0.2) is 4.98 Å². The van der Waals surface area contributed by atoms with E-state index < -0.39 is 0 Å². The van der Waals surface area contributed by atoms with Crippen LogP contribution in [-0.2, 0) is 0 Å². The fraction of sp³-hybridized carbons (Fsp3) is 0.429. The van der Waals surface area contributed by atoms with Crippen LogP contribution in [-0.4, -0.2) is 21.8 Å². The molecule has 4 heteroatoms. The number of fused-ring (bicyclic) bond motifs is 1. The molecule has 0 aromatic carbocycles. The van der Waals surface area contributed by atoms with E-state index in [0.29, 0.717) is 11.5 Å². The van der Waals surface area contributed by atoms with Crippen LogP contribution in [0, 0.1) is 12.8 Å². The number of amides is 1. The molecule has 0 atom stereocenters. The van der Waals surface area contributed by atoms with Crippen molar-refractivity contribution in [2.45, 2.75) is 27.2 Å². The van der Waals surface area contributed by atoms with E-state index in [1.807, 2.05) is 35.9 Å². The summed E-state index contributed by atoms with van der Waals surface area (Å²) in [5, 5.41) is 2.93. The van der Waals surface area contributed by atoms with Crippen molar-refractivity contribution < 1.29 is 4.79 Å². The van der Waals surface area contributed by atoms with Crippen LogP contribution in [0.25, 0.3) is 5.65 Å². The second kappa shape index (κ2) is 5.21.